The molecule has 45 heavy (non-hydrogen) atoms. The number of hydrogen-bond acceptors (Lipinski definition) is 8. The third-order valence-electron chi connectivity index (χ3n) is 6.33. The van der Waals surface area contributed by atoms with Crippen LogP contribution in [0.3, 0.4) is 0 Å². The van der Waals surface area contributed by atoms with E-state index in [1.54, 1.807) is 14.2 Å². The lowest BCUT2D eigenvalue weighted by Crippen LogP contribution is -2.33. The van der Waals surface area contributed by atoms with Gasteiger partial charge in [0.25, 0.3) is 0 Å². The molecular weight excluding hydrogens is 681 g/mol. The fourth-order valence-electron chi connectivity index (χ4n) is 3.80. The minimum atomic E-state index is 0.662. The molecule has 0 unspecified atom stereocenters. The van der Waals surface area contributed by atoms with Crippen LogP contribution in [0.15, 0.2) is 48.5 Å². The van der Waals surface area contributed by atoms with Crippen molar-refractivity contribution < 1.29 is 9.47 Å². The lowest BCUT2D eigenvalue weighted by atomic mass is 10.2. The summed E-state index contributed by atoms with van der Waals surface area (Å²) in [5.74, 6) is 1.60. The number of hydrogen-bond donors (Lipinski definition) is 6. The minimum Gasteiger partial charge on any atom is -0.497 e. The van der Waals surface area contributed by atoms with Crippen LogP contribution in [-0.4, -0.2) is 83.4 Å². The van der Waals surface area contributed by atoms with Gasteiger partial charge in [-0.05, 0) is 55.0 Å². The standard InChI is InChI=1S/C31H42N6O2S6/c1-38-24-8-4-22(5-9-24)30(44)36-20-14-28(42)34-18-12-26(40)32-16-3-17-33-27(41)13-19-35-29(43)15-21-37-31(45)23-6-10-25(39-2)11-7-23/h4-11H,3,12-21H2,1-2H3,(H,32,40)(H,33,41)(H,34,42)(H,35,43)(H,36,44)(H,37,45). The van der Waals surface area contributed by atoms with Crippen molar-refractivity contribution in [2.75, 3.05) is 53.5 Å². The molecule has 0 aliphatic heterocycles. The van der Waals surface area contributed by atoms with Gasteiger partial charge in [-0.15, -0.1) is 0 Å². The Morgan fingerprint density at radius 2 is 0.733 bits per heavy atom. The van der Waals surface area contributed by atoms with E-state index in [0.29, 0.717) is 61.8 Å². The van der Waals surface area contributed by atoms with Gasteiger partial charge in [-0.25, -0.2) is 0 Å². The van der Waals surface area contributed by atoms with Crippen LogP contribution in [-0.2, 0) is 0 Å². The normalized spacial score (nSPS) is 10.2. The van der Waals surface area contributed by atoms with E-state index in [4.69, 9.17) is 82.8 Å². The first-order valence-electron chi connectivity index (χ1n) is 14.6. The van der Waals surface area contributed by atoms with Gasteiger partial charge < -0.3 is 41.4 Å². The second-order valence-electron chi connectivity index (χ2n) is 9.72. The SMILES string of the molecule is COc1ccc(C(=S)NCCC(=S)NCCC(=S)NCCCNC(=S)CCNC(=S)CCNC(=S)c2ccc(OC)cc2)cc1. The molecule has 0 amide bonds. The number of methoxy groups -OCH3 is 2. The van der Waals surface area contributed by atoms with Crippen LogP contribution in [0.4, 0.5) is 0 Å². The molecule has 2 rings (SSSR count). The predicted molar refractivity (Wildman–Crippen MR) is 211 cm³/mol. The zero-order valence-corrected chi connectivity index (χ0v) is 30.6. The van der Waals surface area contributed by atoms with Crippen molar-refractivity contribution in [3.63, 3.8) is 0 Å². The molecule has 0 spiro atoms. The van der Waals surface area contributed by atoms with Gasteiger partial charge in [0.1, 0.15) is 21.5 Å². The van der Waals surface area contributed by atoms with Gasteiger partial charge in [0.05, 0.1) is 34.2 Å². The lowest BCUT2D eigenvalue weighted by Gasteiger charge is -2.13. The van der Waals surface area contributed by atoms with Crippen molar-refractivity contribution in [2.45, 2.75) is 32.1 Å². The maximum absolute atomic E-state index is 5.45. The Kier molecular flexibility index (Phi) is 19.6. The maximum Gasteiger partial charge on any atom is 0.118 e. The fraction of sp³-hybridized carbons (Fsp3) is 0.419. The van der Waals surface area contributed by atoms with Crippen LogP contribution in [0.25, 0.3) is 0 Å². The largest absolute Gasteiger partial charge is 0.497 e. The van der Waals surface area contributed by atoms with E-state index in [1.807, 2.05) is 48.5 Å². The average molecular weight is 723 g/mol. The molecule has 14 heteroatoms. The summed E-state index contributed by atoms with van der Waals surface area (Å²) in [6, 6.07) is 15.3. The number of thiocarbonyl (C=S) groups is 6. The van der Waals surface area contributed by atoms with Crippen molar-refractivity contribution >= 4 is 103 Å². The molecule has 0 saturated carbocycles. The fourth-order valence-corrected chi connectivity index (χ4v) is 5.09. The van der Waals surface area contributed by atoms with E-state index >= 15 is 0 Å². The molecule has 0 aliphatic carbocycles. The number of rotatable bonds is 20. The summed E-state index contributed by atoms with van der Waals surface area (Å²) in [7, 11) is 3.28. The number of ether oxygens (including phenoxy) is 2. The van der Waals surface area contributed by atoms with E-state index < -0.39 is 0 Å². The Labute approximate surface area is 299 Å². The number of nitrogens with one attached hydrogen (secondary N) is 6. The molecule has 0 aromatic heterocycles. The zero-order valence-electron chi connectivity index (χ0n) is 25.7. The molecule has 0 bridgehead atoms. The molecule has 8 nitrogen and oxygen atoms in total. The molecule has 0 radical (unpaired) electrons. The van der Waals surface area contributed by atoms with Crippen LogP contribution in [0, 0.1) is 0 Å². The van der Waals surface area contributed by atoms with E-state index in [9.17, 15) is 0 Å². The molecule has 2 aromatic rings. The van der Waals surface area contributed by atoms with Crippen LogP contribution in [0.5, 0.6) is 11.5 Å². The Hall–Kier alpha value is -2.62. The second kappa shape index (κ2) is 22.8. The van der Waals surface area contributed by atoms with E-state index in [0.717, 1.165) is 62.1 Å². The van der Waals surface area contributed by atoms with Crippen molar-refractivity contribution in [2.24, 2.45) is 0 Å². The highest BCUT2D eigenvalue weighted by Gasteiger charge is 2.05. The first-order valence-corrected chi connectivity index (χ1v) is 17.1. The van der Waals surface area contributed by atoms with Crippen molar-refractivity contribution in [1.82, 2.24) is 31.9 Å². The lowest BCUT2D eigenvalue weighted by molar-refractivity contribution is 0.414. The summed E-state index contributed by atoms with van der Waals surface area (Å²) >= 11 is 32.6. The van der Waals surface area contributed by atoms with Crippen molar-refractivity contribution in [3.8, 4) is 11.5 Å². The average Bonchev–Trinajstić information content (AvgIpc) is 3.04. The highest BCUT2D eigenvalue weighted by molar-refractivity contribution is 7.81. The van der Waals surface area contributed by atoms with E-state index in [-0.39, 0.29) is 0 Å². The van der Waals surface area contributed by atoms with Crippen molar-refractivity contribution in [3.05, 3.63) is 59.7 Å². The molecule has 2 aromatic carbocycles. The van der Waals surface area contributed by atoms with Gasteiger partial charge >= 0.3 is 0 Å². The molecule has 6 N–H and O–H groups in total. The highest BCUT2D eigenvalue weighted by atomic mass is 32.1. The molecular formula is C31H42N6O2S6. The molecule has 244 valence electrons. The Balaban J connectivity index is 1.42. The first-order chi connectivity index (χ1) is 21.7. The van der Waals surface area contributed by atoms with Gasteiger partial charge in [0.2, 0.25) is 0 Å². The third-order valence-corrected chi connectivity index (χ3v) is 8.48. The van der Waals surface area contributed by atoms with Crippen LogP contribution in [0.1, 0.15) is 43.2 Å². The highest BCUT2D eigenvalue weighted by Crippen LogP contribution is 2.12. The van der Waals surface area contributed by atoms with Gasteiger partial charge in [-0.1, -0.05) is 73.3 Å². The van der Waals surface area contributed by atoms with Gasteiger partial charge in [-0.2, -0.15) is 0 Å². The quantitative estimate of drug-likeness (QED) is 0.0854. The van der Waals surface area contributed by atoms with E-state index in [2.05, 4.69) is 31.9 Å². The monoisotopic (exact) mass is 722 g/mol. The smallest absolute Gasteiger partial charge is 0.118 e. The summed E-state index contributed by atoms with van der Waals surface area (Å²) in [5.41, 5.74) is 1.89. The van der Waals surface area contributed by atoms with Crippen LogP contribution < -0.4 is 41.4 Å². The number of benzene rings is 2. The van der Waals surface area contributed by atoms with Crippen molar-refractivity contribution in [1.29, 1.82) is 0 Å². The van der Waals surface area contributed by atoms with Gasteiger partial charge in [0, 0.05) is 76.1 Å². The van der Waals surface area contributed by atoms with Gasteiger partial charge in [-0.3, -0.25) is 0 Å². The molecule has 0 fully saturated rings. The zero-order chi connectivity index (χ0) is 32.9. The minimum absolute atomic E-state index is 0.662. The summed E-state index contributed by atoms with van der Waals surface area (Å²) in [4.78, 5) is 4.55. The Morgan fingerprint density at radius 1 is 0.444 bits per heavy atom. The molecule has 0 aliphatic rings. The Morgan fingerprint density at radius 3 is 1.04 bits per heavy atom. The summed E-state index contributed by atoms with van der Waals surface area (Å²) in [6.45, 7) is 4.26. The summed E-state index contributed by atoms with van der Waals surface area (Å²) in [6.07, 6.45) is 3.71. The predicted octanol–water partition coefficient (Wildman–Crippen LogP) is 4.55. The molecule has 0 heterocycles. The summed E-state index contributed by atoms with van der Waals surface area (Å²) in [5, 5.41) is 19.6. The van der Waals surface area contributed by atoms with Gasteiger partial charge in [0.15, 0.2) is 0 Å². The molecule has 0 saturated heterocycles. The molecule has 0 atom stereocenters. The first kappa shape index (κ1) is 38.6. The Bertz CT molecular complexity index is 1180. The summed E-state index contributed by atoms with van der Waals surface area (Å²) < 4.78 is 10.4. The van der Waals surface area contributed by atoms with E-state index in [1.165, 1.54) is 0 Å². The third kappa shape index (κ3) is 17.0. The second-order valence-corrected chi connectivity index (χ2v) is 12.5. The van der Waals surface area contributed by atoms with Crippen LogP contribution >= 0.6 is 73.3 Å². The topological polar surface area (TPSA) is 90.6 Å². The van der Waals surface area contributed by atoms with Crippen LogP contribution in [0.2, 0.25) is 0 Å². The maximum atomic E-state index is 5.45.